The quantitative estimate of drug-likeness (QED) is 0.784. The molecule has 0 aliphatic carbocycles. The first kappa shape index (κ1) is 16.1. The van der Waals surface area contributed by atoms with E-state index >= 15 is 0 Å². The standard InChI is InChI=1S/C19H21N3O2/c1-2-15-23-17-11-6-7-13-22(14-8-12-17)19-21-20-18(24-19)16-9-4-3-5-10-16/h2-6,9-12,15H,7-8,13-14H2,1H3/b11-6-,15-2+,17-12+. The largest absolute Gasteiger partial charge is 0.466 e. The van der Waals surface area contributed by atoms with Crippen LogP contribution in [0.25, 0.3) is 11.5 Å². The molecule has 124 valence electrons. The molecule has 5 heteroatoms. The summed E-state index contributed by atoms with van der Waals surface area (Å²) in [6, 6.07) is 10.4. The molecule has 5 nitrogen and oxygen atoms in total. The summed E-state index contributed by atoms with van der Waals surface area (Å²) in [7, 11) is 0. The topological polar surface area (TPSA) is 51.4 Å². The number of ether oxygens (including phenoxy) is 1. The zero-order valence-corrected chi connectivity index (χ0v) is 13.8. The molecule has 0 fully saturated rings. The average molecular weight is 323 g/mol. The molecule has 1 aliphatic rings. The van der Waals surface area contributed by atoms with Crippen LogP contribution in [-0.2, 0) is 4.74 Å². The van der Waals surface area contributed by atoms with Crippen molar-refractivity contribution in [3.63, 3.8) is 0 Å². The van der Waals surface area contributed by atoms with Crippen LogP contribution in [0.15, 0.2) is 71.1 Å². The van der Waals surface area contributed by atoms with E-state index in [4.69, 9.17) is 9.15 Å². The van der Waals surface area contributed by atoms with Crippen LogP contribution in [0.2, 0.25) is 0 Å². The molecular weight excluding hydrogens is 302 g/mol. The van der Waals surface area contributed by atoms with E-state index in [1.807, 2.05) is 49.4 Å². The van der Waals surface area contributed by atoms with Crippen LogP contribution >= 0.6 is 0 Å². The molecule has 2 aromatic rings. The minimum atomic E-state index is 0.550. The predicted molar refractivity (Wildman–Crippen MR) is 94.3 cm³/mol. The Kier molecular flexibility index (Phi) is 5.45. The molecule has 24 heavy (non-hydrogen) atoms. The Morgan fingerprint density at radius 3 is 2.79 bits per heavy atom. The molecule has 0 atom stereocenters. The second-order valence-corrected chi connectivity index (χ2v) is 5.42. The summed E-state index contributed by atoms with van der Waals surface area (Å²) in [5, 5.41) is 8.38. The molecule has 0 bridgehead atoms. The van der Waals surface area contributed by atoms with Crippen molar-refractivity contribution in [1.82, 2.24) is 10.2 Å². The van der Waals surface area contributed by atoms with Gasteiger partial charge in [0.05, 0.1) is 6.26 Å². The zero-order valence-electron chi connectivity index (χ0n) is 13.8. The van der Waals surface area contributed by atoms with Gasteiger partial charge >= 0.3 is 6.01 Å². The van der Waals surface area contributed by atoms with Gasteiger partial charge in [0.15, 0.2) is 0 Å². The Balaban J connectivity index is 1.70. The number of aromatic nitrogens is 2. The molecule has 3 rings (SSSR count). The van der Waals surface area contributed by atoms with Crippen molar-refractivity contribution in [2.45, 2.75) is 19.8 Å². The smallest absolute Gasteiger partial charge is 0.318 e. The predicted octanol–water partition coefficient (Wildman–Crippen LogP) is 4.33. The lowest BCUT2D eigenvalue weighted by atomic mass is 10.2. The first-order valence-corrected chi connectivity index (χ1v) is 8.15. The fraction of sp³-hybridized carbons (Fsp3) is 0.263. The second-order valence-electron chi connectivity index (χ2n) is 5.42. The zero-order chi connectivity index (χ0) is 16.6. The van der Waals surface area contributed by atoms with Crippen LogP contribution in [0.3, 0.4) is 0 Å². The molecule has 0 saturated heterocycles. The van der Waals surface area contributed by atoms with Gasteiger partial charge in [-0.2, -0.15) is 0 Å². The van der Waals surface area contributed by atoms with Gasteiger partial charge < -0.3 is 14.1 Å². The highest BCUT2D eigenvalue weighted by molar-refractivity contribution is 5.53. The van der Waals surface area contributed by atoms with E-state index in [1.54, 1.807) is 6.26 Å². The van der Waals surface area contributed by atoms with Crippen molar-refractivity contribution in [2.24, 2.45) is 0 Å². The number of nitrogens with zero attached hydrogens (tertiary/aromatic N) is 3. The van der Waals surface area contributed by atoms with Gasteiger partial charge in [0.1, 0.15) is 5.76 Å². The Hall–Kier alpha value is -2.82. The number of benzene rings is 1. The van der Waals surface area contributed by atoms with Crippen LogP contribution < -0.4 is 4.90 Å². The number of rotatable bonds is 4. The van der Waals surface area contributed by atoms with E-state index in [0.717, 1.165) is 37.3 Å². The number of hydrogen-bond acceptors (Lipinski definition) is 5. The van der Waals surface area contributed by atoms with E-state index in [9.17, 15) is 0 Å². The van der Waals surface area contributed by atoms with Gasteiger partial charge in [-0.15, -0.1) is 5.10 Å². The molecule has 0 N–H and O–H groups in total. The number of hydrogen-bond donors (Lipinski definition) is 0. The lowest BCUT2D eigenvalue weighted by Crippen LogP contribution is -2.25. The molecule has 0 unspecified atom stereocenters. The summed E-state index contributed by atoms with van der Waals surface area (Å²) < 4.78 is 11.4. The van der Waals surface area contributed by atoms with Gasteiger partial charge in [0.2, 0.25) is 5.89 Å². The van der Waals surface area contributed by atoms with E-state index in [2.05, 4.69) is 27.2 Å². The highest BCUT2D eigenvalue weighted by Crippen LogP contribution is 2.22. The molecular formula is C19H21N3O2. The fourth-order valence-electron chi connectivity index (χ4n) is 2.44. The highest BCUT2D eigenvalue weighted by atomic mass is 16.5. The van der Waals surface area contributed by atoms with Crippen molar-refractivity contribution in [2.75, 3.05) is 18.0 Å². The van der Waals surface area contributed by atoms with Gasteiger partial charge in [0.25, 0.3) is 0 Å². The van der Waals surface area contributed by atoms with Gasteiger partial charge in [0, 0.05) is 18.7 Å². The van der Waals surface area contributed by atoms with Crippen molar-refractivity contribution in [3.05, 3.63) is 66.7 Å². The summed E-state index contributed by atoms with van der Waals surface area (Å²) in [5.41, 5.74) is 0.933. The highest BCUT2D eigenvalue weighted by Gasteiger charge is 2.15. The van der Waals surface area contributed by atoms with Crippen molar-refractivity contribution < 1.29 is 9.15 Å². The van der Waals surface area contributed by atoms with Crippen LogP contribution in [-0.4, -0.2) is 23.3 Å². The number of allylic oxidation sites excluding steroid dienone is 2. The monoisotopic (exact) mass is 323 g/mol. The molecule has 0 saturated carbocycles. The van der Waals surface area contributed by atoms with Gasteiger partial charge in [-0.3, -0.25) is 0 Å². The molecule has 1 aromatic heterocycles. The third-order valence-corrected chi connectivity index (χ3v) is 3.64. The minimum Gasteiger partial charge on any atom is -0.466 e. The maximum Gasteiger partial charge on any atom is 0.318 e. The Labute approximate surface area is 142 Å². The summed E-state index contributed by atoms with van der Waals surface area (Å²) in [5.74, 6) is 1.42. The Morgan fingerprint density at radius 1 is 1.12 bits per heavy atom. The lowest BCUT2D eigenvalue weighted by molar-refractivity contribution is 0.365. The van der Waals surface area contributed by atoms with Crippen molar-refractivity contribution in [1.29, 1.82) is 0 Å². The minimum absolute atomic E-state index is 0.550. The summed E-state index contributed by atoms with van der Waals surface area (Å²) in [4.78, 5) is 2.11. The van der Waals surface area contributed by atoms with Crippen LogP contribution in [0.5, 0.6) is 0 Å². The Morgan fingerprint density at radius 2 is 1.96 bits per heavy atom. The maximum absolute atomic E-state index is 5.85. The van der Waals surface area contributed by atoms with E-state index < -0.39 is 0 Å². The molecule has 0 spiro atoms. The van der Waals surface area contributed by atoms with Gasteiger partial charge in [-0.05, 0) is 44.1 Å². The molecule has 2 heterocycles. The van der Waals surface area contributed by atoms with Crippen LogP contribution in [0, 0.1) is 0 Å². The third kappa shape index (κ3) is 4.13. The summed E-state index contributed by atoms with van der Waals surface area (Å²) in [6.45, 7) is 3.57. The molecule has 1 aliphatic heterocycles. The van der Waals surface area contributed by atoms with E-state index in [0.29, 0.717) is 11.9 Å². The number of anilines is 1. The first-order valence-electron chi connectivity index (χ1n) is 8.15. The van der Waals surface area contributed by atoms with Gasteiger partial charge in [-0.25, -0.2) is 0 Å². The van der Waals surface area contributed by atoms with E-state index in [1.165, 1.54) is 0 Å². The fourth-order valence-corrected chi connectivity index (χ4v) is 2.44. The second kappa shape index (κ2) is 8.15. The van der Waals surface area contributed by atoms with Crippen molar-refractivity contribution >= 4 is 6.01 Å². The van der Waals surface area contributed by atoms with Crippen LogP contribution in [0.1, 0.15) is 19.8 Å². The summed E-state index contributed by atoms with van der Waals surface area (Å²) >= 11 is 0. The third-order valence-electron chi connectivity index (χ3n) is 3.64. The normalized spacial score (nSPS) is 19.2. The molecule has 0 radical (unpaired) electrons. The first-order chi connectivity index (χ1) is 11.9. The van der Waals surface area contributed by atoms with Gasteiger partial charge in [-0.1, -0.05) is 35.4 Å². The Bertz CT molecular complexity index is 732. The van der Waals surface area contributed by atoms with E-state index in [-0.39, 0.29) is 0 Å². The van der Waals surface area contributed by atoms with Crippen molar-refractivity contribution in [3.8, 4) is 11.5 Å². The van der Waals surface area contributed by atoms with Crippen LogP contribution in [0.4, 0.5) is 6.01 Å². The SMILES string of the molecule is C/C=C/OC1=C/CCN(c2nnc(-c3ccccc3)o2)CC/C=C\1. The lowest BCUT2D eigenvalue weighted by Gasteiger charge is -2.17. The molecule has 1 aromatic carbocycles. The average Bonchev–Trinajstić information content (AvgIpc) is 3.14. The maximum atomic E-state index is 5.85. The summed E-state index contributed by atoms with van der Waals surface area (Å²) in [6.07, 6.45) is 11.5. The molecule has 0 amide bonds.